The summed E-state index contributed by atoms with van der Waals surface area (Å²) >= 11 is 0. The molecule has 0 unspecified atom stereocenters. The second-order valence-electron chi connectivity index (χ2n) is 7.39. The largest absolute Gasteiger partial charge is 0.369 e. The Bertz CT molecular complexity index is 607. The standard InChI is InChI=1S/C18H26FN3O2/c1-13-3-7-20(8-4-13)16-12-17(18(22(23)24)11-15(16)19)21-9-5-14(2)6-10-21/h11-14H,3-10H2,1-2H3. The second kappa shape index (κ2) is 6.95. The molecule has 132 valence electrons. The van der Waals surface area contributed by atoms with Crippen molar-refractivity contribution < 1.29 is 9.31 Å². The number of halogens is 1. The molecule has 2 fully saturated rings. The maximum Gasteiger partial charge on any atom is 0.295 e. The van der Waals surface area contributed by atoms with Crippen LogP contribution in [0.3, 0.4) is 0 Å². The van der Waals surface area contributed by atoms with Crippen LogP contribution >= 0.6 is 0 Å². The maximum absolute atomic E-state index is 14.5. The summed E-state index contributed by atoms with van der Waals surface area (Å²) in [6.07, 6.45) is 4.11. The third-order valence-corrected chi connectivity index (χ3v) is 5.49. The first kappa shape index (κ1) is 17.0. The fraction of sp³-hybridized carbons (Fsp3) is 0.667. The number of anilines is 2. The Morgan fingerprint density at radius 2 is 1.42 bits per heavy atom. The molecule has 24 heavy (non-hydrogen) atoms. The Morgan fingerprint density at radius 3 is 1.88 bits per heavy atom. The normalized spacial score (nSPS) is 20.5. The summed E-state index contributed by atoms with van der Waals surface area (Å²) in [5, 5.41) is 11.4. The highest BCUT2D eigenvalue weighted by Crippen LogP contribution is 2.37. The van der Waals surface area contributed by atoms with Crippen molar-refractivity contribution in [3.05, 3.63) is 28.1 Å². The minimum atomic E-state index is -0.481. The van der Waals surface area contributed by atoms with Crippen LogP contribution in [0.2, 0.25) is 0 Å². The predicted octanol–water partition coefficient (Wildman–Crippen LogP) is 4.21. The lowest BCUT2D eigenvalue weighted by atomic mass is 9.97. The van der Waals surface area contributed by atoms with E-state index >= 15 is 0 Å². The first-order valence-electron chi connectivity index (χ1n) is 8.93. The summed E-state index contributed by atoms with van der Waals surface area (Å²) in [6.45, 7) is 7.63. The smallest absolute Gasteiger partial charge is 0.295 e. The van der Waals surface area contributed by atoms with E-state index in [9.17, 15) is 14.5 Å². The number of hydrogen-bond donors (Lipinski definition) is 0. The minimum absolute atomic E-state index is 0.115. The molecule has 0 amide bonds. The maximum atomic E-state index is 14.5. The zero-order chi connectivity index (χ0) is 17.3. The number of nitro benzene ring substituents is 1. The summed E-state index contributed by atoms with van der Waals surface area (Å²) in [5.41, 5.74) is 0.972. The topological polar surface area (TPSA) is 49.6 Å². The number of rotatable bonds is 3. The van der Waals surface area contributed by atoms with E-state index in [1.807, 2.05) is 9.80 Å². The minimum Gasteiger partial charge on any atom is -0.369 e. The van der Waals surface area contributed by atoms with Crippen molar-refractivity contribution in [2.24, 2.45) is 11.8 Å². The molecule has 0 radical (unpaired) electrons. The molecular formula is C18H26FN3O2. The van der Waals surface area contributed by atoms with Gasteiger partial charge in [0.1, 0.15) is 5.69 Å². The van der Waals surface area contributed by atoms with Gasteiger partial charge in [-0.1, -0.05) is 13.8 Å². The fourth-order valence-electron chi connectivity index (χ4n) is 3.68. The Hall–Kier alpha value is -1.85. The Kier molecular flexibility index (Phi) is 4.92. The van der Waals surface area contributed by atoms with Crippen molar-refractivity contribution in [2.75, 3.05) is 36.0 Å². The molecule has 0 aliphatic carbocycles. The summed E-state index contributed by atoms with van der Waals surface area (Å²) in [7, 11) is 0. The van der Waals surface area contributed by atoms with Gasteiger partial charge in [0, 0.05) is 26.2 Å². The molecule has 2 saturated heterocycles. The van der Waals surface area contributed by atoms with Crippen LogP contribution in [0.4, 0.5) is 21.5 Å². The first-order valence-corrected chi connectivity index (χ1v) is 8.93. The van der Waals surface area contributed by atoms with Crippen molar-refractivity contribution in [2.45, 2.75) is 39.5 Å². The van der Waals surface area contributed by atoms with Gasteiger partial charge < -0.3 is 9.80 Å². The number of benzene rings is 1. The van der Waals surface area contributed by atoms with E-state index in [1.165, 1.54) is 0 Å². The zero-order valence-electron chi connectivity index (χ0n) is 14.5. The lowest BCUT2D eigenvalue weighted by molar-refractivity contribution is -0.384. The zero-order valence-corrected chi connectivity index (χ0v) is 14.5. The third-order valence-electron chi connectivity index (χ3n) is 5.49. The van der Waals surface area contributed by atoms with Gasteiger partial charge in [0.05, 0.1) is 16.7 Å². The molecule has 3 rings (SSSR count). The molecule has 0 atom stereocenters. The van der Waals surface area contributed by atoms with Crippen LogP contribution in [0.1, 0.15) is 39.5 Å². The molecule has 0 N–H and O–H groups in total. The summed E-state index contributed by atoms with van der Waals surface area (Å²) < 4.78 is 14.5. The molecule has 0 aromatic heterocycles. The number of piperidine rings is 2. The van der Waals surface area contributed by atoms with E-state index in [2.05, 4.69) is 13.8 Å². The van der Waals surface area contributed by atoms with Gasteiger partial charge in [-0.05, 0) is 43.6 Å². The van der Waals surface area contributed by atoms with Crippen molar-refractivity contribution >= 4 is 17.1 Å². The molecule has 2 aliphatic heterocycles. The molecule has 5 nitrogen and oxygen atoms in total. The number of hydrogen-bond acceptors (Lipinski definition) is 4. The fourth-order valence-corrected chi connectivity index (χ4v) is 3.68. The van der Waals surface area contributed by atoms with Gasteiger partial charge in [-0.2, -0.15) is 0 Å². The molecule has 0 saturated carbocycles. The Labute approximate surface area is 142 Å². The van der Waals surface area contributed by atoms with Gasteiger partial charge in [-0.15, -0.1) is 0 Å². The van der Waals surface area contributed by atoms with E-state index in [0.29, 0.717) is 23.2 Å². The van der Waals surface area contributed by atoms with Crippen LogP contribution in [-0.2, 0) is 0 Å². The lowest BCUT2D eigenvalue weighted by Crippen LogP contribution is -2.35. The average molecular weight is 335 g/mol. The third kappa shape index (κ3) is 3.47. The number of nitrogens with zero attached hydrogens (tertiary/aromatic N) is 3. The second-order valence-corrected chi connectivity index (χ2v) is 7.39. The van der Waals surface area contributed by atoms with Crippen LogP contribution in [0.25, 0.3) is 0 Å². The summed E-state index contributed by atoms with van der Waals surface area (Å²) in [4.78, 5) is 15.0. The molecular weight excluding hydrogens is 309 g/mol. The summed E-state index contributed by atoms with van der Waals surface area (Å²) in [5.74, 6) is 0.819. The first-order chi connectivity index (χ1) is 11.5. The quantitative estimate of drug-likeness (QED) is 0.613. The van der Waals surface area contributed by atoms with Crippen LogP contribution in [-0.4, -0.2) is 31.1 Å². The van der Waals surface area contributed by atoms with Crippen molar-refractivity contribution in [1.29, 1.82) is 0 Å². The highest BCUT2D eigenvalue weighted by Gasteiger charge is 2.28. The van der Waals surface area contributed by atoms with Gasteiger partial charge in [0.25, 0.3) is 5.69 Å². The lowest BCUT2D eigenvalue weighted by Gasteiger charge is -2.35. The van der Waals surface area contributed by atoms with Crippen molar-refractivity contribution in [3.63, 3.8) is 0 Å². The Morgan fingerprint density at radius 1 is 0.958 bits per heavy atom. The van der Waals surface area contributed by atoms with Gasteiger partial charge in [-0.3, -0.25) is 10.1 Å². The average Bonchev–Trinajstić information content (AvgIpc) is 2.56. The molecule has 1 aromatic rings. The molecule has 2 heterocycles. The predicted molar refractivity (Wildman–Crippen MR) is 94.3 cm³/mol. The molecule has 6 heteroatoms. The van der Waals surface area contributed by atoms with Crippen LogP contribution in [0.15, 0.2) is 12.1 Å². The Balaban J connectivity index is 1.93. The van der Waals surface area contributed by atoms with E-state index in [4.69, 9.17) is 0 Å². The highest BCUT2D eigenvalue weighted by atomic mass is 19.1. The molecule has 2 aliphatic rings. The summed E-state index contributed by atoms with van der Waals surface area (Å²) in [6, 6.07) is 2.82. The van der Waals surface area contributed by atoms with Gasteiger partial charge in [-0.25, -0.2) is 4.39 Å². The van der Waals surface area contributed by atoms with Crippen LogP contribution < -0.4 is 9.80 Å². The van der Waals surface area contributed by atoms with Crippen LogP contribution in [0, 0.1) is 27.8 Å². The molecule has 0 spiro atoms. The van der Waals surface area contributed by atoms with Gasteiger partial charge in [0.15, 0.2) is 5.82 Å². The highest BCUT2D eigenvalue weighted by molar-refractivity contribution is 5.71. The SMILES string of the molecule is CC1CCN(c2cc(N3CCC(C)CC3)c([N+](=O)[O-])cc2F)CC1. The van der Waals surface area contributed by atoms with E-state index in [0.717, 1.165) is 57.9 Å². The van der Waals surface area contributed by atoms with Crippen LogP contribution in [0.5, 0.6) is 0 Å². The van der Waals surface area contributed by atoms with E-state index < -0.39 is 10.7 Å². The molecule has 1 aromatic carbocycles. The van der Waals surface area contributed by atoms with E-state index in [1.54, 1.807) is 6.07 Å². The van der Waals surface area contributed by atoms with Crippen molar-refractivity contribution in [1.82, 2.24) is 0 Å². The monoisotopic (exact) mass is 335 g/mol. The van der Waals surface area contributed by atoms with Gasteiger partial charge >= 0.3 is 0 Å². The van der Waals surface area contributed by atoms with Crippen molar-refractivity contribution in [3.8, 4) is 0 Å². The molecule has 0 bridgehead atoms. The number of nitro groups is 1. The van der Waals surface area contributed by atoms with E-state index in [-0.39, 0.29) is 5.69 Å². The van der Waals surface area contributed by atoms with Gasteiger partial charge in [0.2, 0.25) is 0 Å².